The normalized spacial score (nSPS) is 12.2. The van der Waals surface area contributed by atoms with Gasteiger partial charge in [-0.1, -0.05) is 13.0 Å². The zero-order valence-electron chi connectivity index (χ0n) is 10.6. The molecule has 0 saturated heterocycles. The summed E-state index contributed by atoms with van der Waals surface area (Å²) in [6, 6.07) is 0. The van der Waals surface area contributed by atoms with E-state index in [1.54, 1.807) is 12.3 Å². The monoisotopic (exact) mass is 331 g/mol. The standard InChI is InChI=1S/C12H18BrN3OS/c1-4-5-16-12(17)11(13)10(7-15-16)14-6-9(2)8-18-3/h4,7,9,14H,1,5-6,8H2,2-3H3. The minimum atomic E-state index is -0.141. The van der Waals surface area contributed by atoms with Crippen molar-refractivity contribution in [2.75, 3.05) is 23.9 Å². The number of nitrogens with one attached hydrogen (secondary N) is 1. The molecule has 1 atom stereocenters. The number of anilines is 1. The third kappa shape index (κ3) is 4.17. The summed E-state index contributed by atoms with van der Waals surface area (Å²) in [6.45, 7) is 7.01. The predicted octanol–water partition coefficient (Wildman–Crippen LogP) is 2.60. The maximum atomic E-state index is 11.9. The summed E-state index contributed by atoms with van der Waals surface area (Å²) in [5, 5.41) is 7.33. The third-order valence-electron chi connectivity index (χ3n) is 2.38. The largest absolute Gasteiger partial charge is 0.382 e. The summed E-state index contributed by atoms with van der Waals surface area (Å²) in [6.07, 6.45) is 5.40. The van der Waals surface area contributed by atoms with Gasteiger partial charge in [0.1, 0.15) is 4.47 Å². The molecular formula is C12H18BrN3OS. The van der Waals surface area contributed by atoms with E-state index in [9.17, 15) is 4.79 Å². The molecule has 0 aromatic carbocycles. The van der Waals surface area contributed by atoms with Crippen LogP contribution in [0.1, 0.15) is 6.92 Å². The zero-order chi connectivity index (χ0) is 13.5. The van der Waals surface area contributed by atoms with Crippen molar-refractivity contribution in [1.29, 1.82) is 0 Å². The summed E-state index contributed by atoms with van der Waals surface area (Å²) in [5.41, 5.74) is 0.602. The lowest BCUT2D eigenvalue weighted by Gasteiger charge is -2.13. The summed E-state index contributed by atoms with van der Waals surface area (Å²) < 4.78 is 1.89. The first-order valence-corrected chi connectivity index (χ1v) is 7.88. The lowest BCUT2D eigenvalue weighted by molar-refractivity contribution is 0.646. The second-order valence-electron chi connectivity index (χ2n) is 4.09. The highest BCUT2D eigenvalue weighted by molar-refractivity contribution is 9.10. The number of allylic oxidation sites excluding steroid dienone is 1. The van der Waals surface area contributed by atoms with Crippen LogP contribution in [0.15, 0.2) is 28.1 Å². The van der Waals surface area contributed by atoms with Crippen LogP contribution in [0.3, 0.4) is 0 Å². The second-order valence-corrected chi connectivity index (χ2v) is 5.79. The Morgan fingerprint density at radius 2 is 2.44 bits per heavy atom. The quantitative estimate of drug-likeness (QED) is 0.780. The van der Waals surface area contributed by atoms with E-state index in [-0.39, 0.29) is 5.56 Å². The van der Waals surface area contributed by atoms with Gasteiger partial charge in [0.25, 0.3) is 5.56 Å². The summed E-state index contributed by atoms with van der Waals surface area (Å²) in [4.78, 5) is 11.9. The molecule has 1 rings (SSSR count). The maximum absolute atomic E-state index is 11.9. The summed E-state index contributed by atoms with van der Waals surface area (Å²) >= 11 is 5.13. The van der Waals surface area contributed by atoms with Crippen molar-refractivity contribution >= 4 is 33.4 Å². The molecular weight excluding hydrogens is 314 g/mol. The molecule has 4 nitrogen and oxygen atoms in total. The molecule has 0 amide bonds. The number of rotatable bonds is 7. The van der Waals surface area contributed by atoms with Gasteiger partial charge >= 0.3 is 0 Å². The molecule has 1 unspecified atom stereocenters. The molecule has 0 fully saturated rings. The molecule has 1 aromatic rings. The van der Waals surface area contributed by atoms with Gasteiger partial charge < -0.3 is 5.32 Å². The molecule has 1 N–H and O–H groups in total. The minimum absolute atomic E-state index is 0.141. The van der Waals surface area contributed by atoms with E-state index < -0.39 is 0 Å². The van der Waals surface area contributed by atoms with Crippen molar-refractivity contribution in [2.24, 2.45) is 5.92 Å². The molecule has 0 saturated carbocycles. The fraction of sp³-hybridized carbons (Fsp3) is 0.500. The molecule has 18 heavy (non-hydrogen) atoms. The van der Waals surface area contributed by atoms with Crippen LogP contribution in [0, 0.1) is 5.92 Å². The number of thioether (sulfide) groups is 1. The van der Waals surface area contributed by atoms with Gasteiger partial charge in [0, 0.05) is 6.54 Å². The summed E-state index contributed by atoms with van der Waals surface area (Å²) in [7, 11) is 0. The van der Waals surface area contributed by atoms with Crippen molar-refractivity contribution in [2.45, 2.75) is 13.5 Å². The lowest BCUT2D eigenvalue weighted by Crippen LogP contribution is -2.24. The second kappa shape index (κ2) is 7.63. The Labute approximate surface area is 120 Å². The first-order chi connectivity index (χ1) is 8.60. The van der Waals surface area contributed by atoms with Crippen molar-refractivity contribution < 1.29 is 0 Å². The fourth-order valence-corrected chi connectivity index (χ4v) is 2.60. The zero-order valence-corrected chi connectivity index (χ0v) is 13.1. The molecule has 0 aliphatic heterocycles. The SMILES string of the molecule is C=CCn1ncc(NCC(C)CSC)c(Br)c1=O. The topological polar surface area (TPSA) is 46.9 Å². The van der Waals surface area contributed by atoms with Gasteiger partial charge in [-0.05, 0) is 33.9 Å². The Hall–Kier alpha value is -0.750. The lowest BCUT2D eigenvalue weighted by atomic mass is 10.2. The van der Waals surface area contributed by atoms with Crippen LogP contribution >= 0.6 is 27.7 Å². The minimum Gasteiger partial charge on any atom is -0.382 e. The number of aromatic nitrogens is 2. The first kappa shape index (κ1) is 15.3. The van der Waals surface area contributed by atoms with Gasteiger partial charge in [-0.3, -0.25) is 4.79 Å². The molecule has 1 heterocycles. The van der Waals surface area contributed by atoms with Crippen LogP contribution in [0.5, 0.6) is 0 Å². The van der Waals surface area contributed by atoms with Crippen molar-refractivity contribution in [3.8, 4) is 0 Å². The number of hydrogen-bond donors (Lipinski definition) is 1. The number of nitrogens with zero attached hydrogens (tertiary/aromatic N) is 2. The highest BCUT2D eigenvalue weighted by Gasteiger charge is 2.09. The van der Waals surface area contributed by atoms with E-state index >= 15 is 0 Å². The third-order valence-corrected chi connectivity index (χ3v) is 4.05. The van der Waals surface area contributed by atoms with E-state index in [2.05, 4.69) is 46.1 Å². The average Bonchev–Trinajstić information content (AvgIpc) is 2.35. The highest BCUT2D eigenvalue weighted by Crippen LogP contribution is 2.17. The van der Waals surface area contributed by atoms with Gasteiger partial charge in [0.15, 0.2) is 0 Å². The van der Waals surface area contributed by atoms with Crippen LogP contribution in [-0.2, 0) is 6.54 Å². The molecule has 1 aromatic heterocycles. The van der Waals surface area contributed by atoms with E-state index in [1.807, 2.05) is 11.8 Å². The fourth-order valence-electron chi connectivity index (χ4n) is 1.47. The smallest absolute Gasteiger partial charge is 0.283 e. The van der Waals surface area contributed by atoms with Crippen LogP contribution in [-0.4, -0.2) is 28.3 Å². The molecule has 0 bridgehead atoms. The Balaban J connectivity index is 2.76. The molecule has 6 heteroatoms. The van der Waals surface area contributed by atoms with Gasteiger partial charge in [-0.15, -0.1) is 6.58 Å². The van der Waals surface area contributed by atoms with E-state index in [0.29, 0.717) is 16.9 Å². The Morgan fingerprint density at radius 3 is 3.06 bits per heavy atom. The highest BCUT2D eigenvalue weighted by atomic mass is 79.9. The van der Waals surface area contributed by atoms with Crippen molar-refractivity contribution in [1.82, 2.24) is 9.78 Å². The van der Waals surface area contributed by atoms with Crippen LogP contribution in [0.2, 0.25) is 0 Å². The van der Waals surface area contributed by atoms with Crippen LogP contribution in [0.4, 0.5) is 5.69 Å². The van der Waals surface area contributed by atoms with E-state index in [1.165, 1.54) is 4.68 Å². The summed E-state index contributed by atoms with van der Waals surface area (Å²) in [5.74, 6) is 1.63. The van der Waals surface area contributed by atoms with Crippen LogP contribution in [0.25, 0.3) is 0 Å². The maximum Gasteiger partial charge on any atom is 0.283 e. The Bertz CT molecular complexity index is 461. The van der Waals surface area contributed by atoms with E-state index in [4.69, 9.17) is 0 Å². The molecule has 0 aliphatic carbocycles. The molecule has 100 valence electrons. The first-order valence-electron chi connectivity index (χ1n) is 5.69. The average molecular weight is 332 g/mol. The van der Waals surface area contributed by atoms with Gasteiger partial charge in [-0.25, -0.2) is 4.68 Å². The number of hydrogen-bond acceptors (Lipinski definition) is 4. The van der Waals surface area contributed by atoms with E-state index in [0.717, 1.165) is 18.0 Å². The molecule has 0 radical (unpaired) electrons. The molecule has 0 spiro atoms. The van der Waals surface area contributed by atoms with Crippen LogP contribution < -0.4 is 10.9 Å². The van der Waals surface area contributed by atoms with Gasteiger partial charge in [-0.2, -0.15) is 16.9 Å². The predicted molar refractivity (Wildman–Crippen MR) is 82.4 cm³/mol. The number of halogens is 1. The van der Waals surface area contributed by atoms with Crippen molar-refractivity contribution in [3.63, 3.8) is 0 Å². The van der Waals surface area contributed by atoms with Gasteiger partial charge in [0.2, 0.25) is 0 Å². The Kier molecular flexibility index (Phi) is 6.49. The molecule has 0 aliphatic rings. The van der Waals surface area contributed by atoms with Crippen molar-refractivity contribution in [3.05, 3.63) is 33.7 Å². The Morgan fingerprint density at radius 1 is 1.72 bits per heavy atom. The van der Waals surface area contributed by atoms with Gasteiger partial charge in [0.05, 0.1) is 18.4 Å².